The van der Waals surface area contributed by atoms with E-state index in [-0.39, 0.29) is 25.7 Å². The first-order chi connectivity index (χ1) is 20.2. The molecule has 1 rings (SSSR count). The third kappa shape index (κ3) is 12.3. The van der Waals surface area contributed by atoms with E-state index in [1.54, 1.807) is 0 Å². The van der Waals surface area contributed by atoms with E-state index >= 15 is 0 Å². The summed E-state index contributed by atoms with van der Waals surface area (Å²) in [6, 6.07) is 0. The zero-order chi connectivity index (χ0) is 31.3. The monoisotopic (exact) mass is 594 g/mol. The topological polar surface area (TPSA) is 129 Å². The molecule has 1 saturated carbocycles. The number of aliphatic hydroxyl groups is 3. The molecule has 1 fully saturated rings. The summed E-state index contributed by atoms with van der Waals surface area (Å²) in [4.78, 5) is 51.4. The van der Waals surface area contributed by atoms with Gasteiger partial charge in [-0.1, -0.05) is 142 Å². The molecule has 0 amide bonds. The highest BCUT2D eigenvalue weighted by molar-refractivity contribution is 6.21. The number of hydrogen-bond donors (Lipinski definition) is 3. The van der Waals surface area contributed by atoms with Gasteiger partial charge in [0.25, 0.3) is 0 Å². The molecule has 0 aromatic heterocycles. The van der Waals surface area contributed by atoms with Gasteiger partial charge in [-0.3, -0.25) is 19.2 Å². The zero-order valence-electron chi connectivity index (χ0n) is 26.9. The predicted octanol–water partition coefficient (Wildman–Crippen LogP) is 7.28. The molecular weight excluding hydrogens is 532 g/mol. The Morgan fingerprint density at radius 1 is 0.619 bits per heavy atom. The van der Waals surface area contributed by atoms with Crippen LogP contribution in [-0.4, -0.2) is 55.8 Å². The van der Waals surface area contributed by atoms with Gasteiger partial charge in [-0.25, -0.2) is 0 Å². The Morgan fingerprint density at radius 3 is 1.29 bits per heavy atom. The average Bonchev–Trinajstić information content (AvgIpc) is 3.25. The van der Waals surface area contributed by atoms with Crippen molar-refractivity contribution in [2.45, 2.75) is 198 Å². The third-order valence-corrected chi connectivity index (χ3v) is 9.10. The van der Waals surface area contributed by atoms with Crippen molar-refractivity contribution in [1.29, 1.82) is 0 Å². The maximum atomic E-state index is 13.3. The van der Waals surface area contributed by atoms with Gasteiger partial charge >= 0.3 is 0 Å². The minimum absolute atomic E-state index is 0.0926. The lowest BCUT2D eigenvalue weighted by Gasteiger charge is -2.40. The molecule has 0 radical (unpaired) electrons. The van der Waals surface area contributed by atoms with E-state index in [4.69, 9.17) is 0 Å². The van der Waals surface area contributed by atoms with E-state index < -0.39 is 40.4 Å². The van der Waals surface area contributed by atoms with E-state index in [0.29, 0.717) is 19.3 Å². The van der Waals surface area contributed by atoms with Gasteiger partial charge in [0, 0.05) is 25.7 Å². The van der Waals surface area contributed by atoms with Crippen LogP contribution in [0.15, 0.2) is 0 Å². The van der Waals surface area contributed by atoms with Crippen LogP contribution < -0.4 is 0 Å². The first-order valence-electron chi connectivity index (χ1n) is 17.4. The lowest BCUT2D eigenvalue weighted by Crippen LogP contribution is -2.72. The van der Waals surface area contributed by atoms with Gasteiger partial charge in [-0.2, -0.15) is 0 Å². The van der Waals surface area contributed by atoms with Crippen molar-refractivity contribution in [3.63, 3.8) is 0 Å². The van der Waals surface area contributed by atoms with Crippen LogP contribution >= 0.6 is 0 Å². The predicted molar refractivity (Wildman–Crippen MR) is 167 cm³/mol. The van der Waals surface area contributed by atoms with Crippen molar-refractivity contribution in [3.05, 3.63) is 0 Å². The van der Waals surface area contributed by atoms with E-state index in [9.17, 15) is 34.5 Å². The molecule has 7 heteroatoms. The Kier molecular flexibility index (Phi) is 20.3. The molecule has 42 heavy (non-hydrogen) atoms. The molecule has 0 aliphatic heterocycles. The van der Waals surface area contributed by atoms with Crippen molar-refractivity contribution >= 4 is 23.1 Å². The smallest absolute Gasteiger partial charge is 0.220 e. The van der Waals surface area contributed by atoms with Crippen molar-refractivity contribution in [2.75, 3.05) is 0 Å². The first kappa shape index (κ1) is 38.6. The van der Waals surface area contributed by atoms with Crippen LogP contribution in [-0.2, 0) is 19.2 Å². The number of aliphatic hydroxyl groups excluding tert-OH is 1. The summed E-state index contributed by atoms with van der Waals surface area (Å²) in [7, 11) is 0. The summed E-state index contributed by atoms with van der Waals surface area (Å²) in [5.41, 5.74) is -6.22. The number of hydrogen-bond acceptors (Lipinski definition) is 7. The summed E-state index contributed by atoms with van der Waals surface area (Å²) in [6.45, 7) is 4.41. The second-order valence-corrected chi connectivity index (χ2v) is 12.7. The highest BCUT2D eigenvalue weighted by atomic mass is 16.4. The minimum Gasteiger partial charge on any atom is -0.382 e. The first-order valence-corrected chi connectivity index (χ1v) is 17.4. The number of carbonyl (C=O) groups excluding carboxylic acids is 4. The Balaban J connectivity index is 2.55. The van der Waals surface area contributed by atoms with Gasteiger partial charge in [0.05, 0.1) is 0 Å². The molecule has 1 aliphatic rings. The van der Waals surface area contributed by atoms with E-state index in [0.717, 1.165) is 44.9 Å². The maximum absolute atomic E-state index is 13.3. The molecule has 7 nitrogen and oxygen atoms in total. The number of rotatable bonds is 28. The molecule has 244 valence electrons. The van der Waals surface area contributed by atoms with Gasteiger partial charge in [-0.15, -0.1) is 0 Å². The summed E-state index contributed by atoms with van der Waals surface area (Å²) in [6.07, 6.45) is 20.3. The Bertz CT molecular complexity index is 776. The Morgan fingerprint density at radius 2 is 0.929 bits per heavy atom. The summed E-state index contributed by atoms with van der Waals surface area (Å²) >= 11 is 0. The lowest BCUT2D eigenvalue weighted by molar-refractivity contribution is -0.202. The van der Waals surface area contributed by atoms with Crippen LogP contribution in [0.4, 0.5) is 0 Å². The molecular formula is C35H62O7. The fourth-order valence-corrected chi connectivity index (χ4v) is 6.20. The molecule has 0 aromatic rings. The standard InChI is InChI=1S/C35H62O7/c1-3-5-7-9-11-13-15-17-19-21-23-25-29(36)33(40)35(42,34(41)31(38)27-28-32(34)39)30(37)26-24-22-20-18-16-14-12-10-8-6-4-2/h33,40-42H,3-28H2,1-2H3. The minimum atomic E-state index is -3.15. The quantitative estimate of drug-likeness (QED) is 0.0641. The molecule has 0 heterocycles. The summed E-state index contributed by atoms with van der Waals surface area (Å²) in [5.74, 6) is -3.85. The summed E-state index contributed by atoms with van der Waals surface area (Å²) < 4.78 is 0. The largest absolute Gasteiger partial charge is 0.382 e. The number of ketones is 4. The maximum Gasteiger partial charge on any atom is 0.220 e. The third-order valence-electron chi connectivity index (χ3n) is 9.10. The molecule has 1 aliphatic carbocycles. The van der Waals surface area contributed by atoms with Crippen LogP contribution in [0.5, 0.6) is 0 Å². The fourth-order valence-electron chi connectivity index (χ4n) is 6.20. The zero-order valence-corrected chi connectivity index (χ0v) is 26.9. The second kappa shape index (κ2) is 22.1. The Hall–Kier alpha value is -1.44. The highest BCUT2D eigenvalue weighted by Gasteiger charge is 2.69. The van der Waals surface area contributed by atoms with Gasteiger partial charge in [-0.05, 0) is 12.8 Å². The van der Waals surface area contributed by atoms with Crippen LogP contribution in [0.1, 0.15) is 181 Å². The molecule has 0 bridgehead atoms. The molecule has 0 aromatic carbocycles. The number of carbonyl (C=O) groups is 4. The number of Topliss-reactive ketones (excluding diaryl/α,β-unsaturated/α-hetero) is 4. The van der Waals surface area contributed by atoms with Crippen molar-refractivity contribution in [1.82, 2.24) is 0 Å². The van der Waals surface area contributed by atoms with Gasteiger partial charge < -0.3 is 15.3 Å². The molecule has 0 saturated heterocycles. The van der Waals surface area contributed by atoms with E-state index in [1.807, 2.05) is 0 Å². The van der Waals surface area contributed by atoms with Gasteiger partial charge in [0.15, 0.2) is 34.8 Å². The van der Waals surface area contributed by atoms with Crippen molar-refractivity contribution in [3.8, 4) is 0 Å². The Labute approximate surface area is 255 Å². The molecule has 2 unspecified atom stereocenters. The van der Waals surface area contributed by atoms with Crippen LogP contribution in [0.25, 0.3) is 0 Å². The second-order valence-electron chi connectivity index (χ2n) is 12.7. The molecule has 3 N–H and O–H groups in total. The van der Waals surface area contributed by atoms with Crippen molar-refractivity contribution in [2.24, 2.45) is 0 Å². The number of unbranched alkanes of at least 4 members (excludes halogenated alkanes) is 20. The van der Waals surface area contributed by atoms with E-state index in [2.05, 4.69) is 13.8 Å². The van der Waals surface area contributed by atoms with Crippen LogP contribution in [0, 0.1) is 0 Å². The van der Waals surface area contributed by atoms with E-state index in [1.165, 1.54) is 77.0 Å². The SMILES string of the molecule is CCCCCCCCCCCCCC(=O)C(O)C(O)(C(=O)CCCCCCCCCCCCC)C1(O)C(=O)CCC1=O. The molecule has 0 spiro atoms. The average molecular weight is 595 g/mol. The molecule has 2 atom stereocenters. The van der Waals surface area contributed by atoms with Gasteiger partial charge in [0.2, 0.25) is 5.60 Å². The fraction of sp³-hybridized carbons (Fsp3) is 0.886. The van der Waals surface area contributed by atoms with Gasteiger partial charge in [0.1, 0.15) is 0 Å². The van der Waals surface area contributed by atoms with Crippen LogP contribution in [0.2, 0.25) is 0 Å². The van der Waals surface area contributed by atoms with Crippen LogP contribution in [0.3, 0.4) is 0 Å². The van der Waals surface area contributed by atoms with Crippen molar-refractivity contribution < 1.29 is 34.5 Å². The highest BCUT2D eigenvalue weighted by Crippen LogP contribution is 2.38. The summed E-state index contributed by atoms with van der Waals surface area (Å²) in [5, 5.41) is 33.5. The lowest BCUT2D eigenvalue weighted by atomic mass is 9.70. The normalized spacial score (nSPS) is 17.0.